The number of likely N-dealkylation sites (tertiary alicyclic amines) is 1. The maximum atomic E-state index is 12.7. The predicted molar refractivity (Wildman–Crippen MR) is 96.0 cm³/mol. The Hall–Kier alpha value is -2.64. The molecule has 2 aliphatic rings. The van der Waals surface area contributed by atoms with Crippen LogP contribution in [-0.2, 0) is 7.05 Å². The van der Waals surface area contributed by atoms with Crippen LogP contribution in [0.3, 0.4) is 0 Å². The van der Waals surface area contributed by atoms with E-state index in [0.29, 0.717) is 17.4 Å². The van der Waals surface area contributed by atoms with E-state index in [1.165, 1.54) is 30.1 Å². The van der Waals surface area contributed by atoms with Crippen LogP contribution < -0.4 is 5.32 Å². The molecule has 8 heteroatoms. The van der Waals surface area contributed by atoms with Gasteiger partial charge in [-0.1, -0.05) is 19.3 Å². The highest BCUT2D eigenvalue weighted by atomic mass is 16.2. The van der Waals surface area contributed by atoms with Gasteiger partial charge in [-0.05, 0) is 19.3 Å². The van der Waals surface area contributed by atoms with Crippen molar-refractivity contribution in [3.8, 4) is 0 Å². The van der Waals surface area contributed by atoms with Crippen molar-refractivity contribution >= 4 is 17.6 Å². The fourth-order valence-corrected chi connectivity index (χ4v) is 3.68. The van der Waals surface area contributed by atoms with Gasteiger partial charge < -0.3 is 10.2 Å². The predicted octanol–water partition coefficient (Wildman–Crippen LogP) is 2.22. The standard InChI is InChI=1S/C18H24N6O2/c1-22-16(14(12-19-22)18(26)23-9-5-10-23)17(25)20-15-8-11-24(21-15)13-6-3-2-4-7-13/h8,11-13H,2-7,9-10H2,1H3,(H,20,21,25). The Morgan fingerprint density at radius 1 is 1.15 bits per heavy atom. The van der Waals surface area contributed by atoms with E-state index in [1.807, 2.05) is 10.9 Å². The lowest BCUT2D eigenvalue weighted by Crippen LogP contribution is -2.42. The normalized spacial score (nSPS) is 17.8. The molecular formula is C18H24N6O2. The van der Waals surface area contributed by atoms with Crippen molar-refractivity contribution in [2.24, 2.45) is 7.05 Å². The Labute approximate surface area is 152 Å². The van der Waals surface area contributed by atoms with E-state index in [9.17, 15) is 9.59 Å². The molecule has 1 saturated carbocycles. The smallest absolute Gasteiger partial charge is 0.275 e. The Morgan fingerprint density at radius 2 is 1.92 bits per heavy atom. The molecule has 0 aromatic carbocycles. The van der Waals surface area contributed by atoms with Crippen molar-refractivity contribution in [2.75, 3.05) is 18.4 Å². The summed E-state index contributed by atoms with van der Waals surface area (Å²) in [5, 5.41) is 11.4. The van der Waals surface area contributed by atoms with E-state index in [4.69, 9.17) is 0 Å². The molecule has 1 aliphatic heterocycles. The molecular weight excluding hydrogens is 332 g/mol. The van der Waals surface area contributed by atoms with E-state index >= 15 is 0 Å². The van der Waals surface area contributed by atoms with Gasteiger partial charge in [0.25, 0.3) is 11.8 Å². The van der Waals surface area contributed by atoms with Crippen LogP contribution in [0.2, 0.25) is 0 Å². The fraction of sp³-hybridized carbons (Fsp3) is 0.556. The summed E-state index contributed by atoms with van der Waals surface area (Å²) >= 11 is 0. The van der Waals surface area contributed by atoms with Crippen molar-refractivity contribution in [1.29, 1.82) is 0 Å². The summed E-state index contributed by atoms with van der Waals surface area (Å²) < 4.78 is 3.39. The third kappa shape index (κ3) is 3.11. The molecule has 3 heterocycles. The molecule has 4 rings (SSSR count). The number of anilines is 1. The maximum absolute atomic E-state index is 12.7. The first kappa shape index (κ1) is 16.8. The molecule has 0 bridgehead atoms. The van der Waals surface area contributed by atoms with Crippen LogP contribution in [0, 0.1) is 0 Å². The van der Waals surface area contributed by atoms with Crippen LogP contribution in [0.15, 0.2) is 18.5 Å². The van der Waals surface area contributed by atoms with Crippen molar-refractivity contribution in [2.45, 2.75) is 44.6 Å². The lowest BCUT2D eigenvalue weighted by Gasteiger charge is -2.30. The minimum atomic E-state index is -0.359. The Morgan fingerprint density at radius 3 is 2.62 bits per heavy atom. The first-order chi connectivity index (χ1) is 12.6. The summed E-state index contributed by atoms with van der Waals surface area (Å²) in [6, 6.07) is 2.22. The number of amides is 2. The number of nitrogens with one attached hydrogen (secondary N) is 1. The van der Waals surface area contributed by atoms with Gasteiger partial charge in [-0.2, -0.15) is 10.2 Å². The SMILES string of the molecule is Cn1ncc(C(=O)N2CCC2)c1C(=O)Nc1ccn(C2CCCCC2)n1. The summed E-state index contributed by atoms with van der Waals surface area (Å²) in [4.78, 5) is 27.0. The van der Waals surface area contributed by atoms with Gasteiger partial charge in [0.2, 0.25) is 0 Å². The molecule has 2 aromatic heterocycles. The molecule has 0 unspecified atom stereocenters. The van der Waals surface area contributed by atoms with Gasteiger partial charge >= 0.3 is 0 Å². The number of hydrogen-bond acceptors (Lipinski definition) is 4. The highest BCUT2D eigenvalue weighted by Crippen LogP contribution is 2.28. The number of carbonyl (C=O) groups excluding carboxylic acids is 2. The van der Waals surface area contributed by atoms with Crippen molar-refractivity contribution in [3.05, 3.63) is 29.7 Å². The number of rotatable bonds is 4. The summed E-state index contributed by atoms with van der Waals surface area (Å²) in [6.07, 6.45) is 10.4. The minimum absolute atomic E-state index is 0.137. The summed E-state index contributed by atoms with van der Waals surface area (Å²) in [6.45, 7) is 1.47. The first-order valence-electron chi connectivity index (χ1n) is 9.31. The highest BCUT2D eigenvalue weighted by molar-refractivity contribution is 6.10. The van der Waals surface area contributed by atoms with E-state index in [0.717, 1.165) is 32.4 Å². The topological polar surface area (TPSA) is 85.0 Å². The lowest BCUT2D eigenvalue weighted by molar-refractivity contribution is 0.0648. The number of nitrogens with zero attached hydrogens (tertiary/aromatic N) is 5. The molecule has 2 amide bonds. The van der Waals surface area contributed by atoms with Crippen molar-refractivity contribution in [3.63, 3.8) is 0 Å². The van der Waals surface area contributed by atoms with Gasteiger partial charge in [-0.15, -0.1) is 0 Å². The van der Waals surface area contributed by atoms with Crippen LogP contribution in [0.4, 0.5) is 5.82 Å². The fourth-order valence-electron chi connectivity index (χ4n) is 3.68. The van der Waals surface area contributed by atoms with Crippen molar-refractivity contribution in [1.82, 2.24) is 24.5 Å². The van der Waals surface area contributed by atoms with E-state index in [1.54, 1.807) is 18.0 Å². The largest absolute Gasteiger partial charge is 0.338 e. The van der Waals surface area contributed by atoms with Gasteiger partial charge in [0, 0.05) is 32.4 Å². The molecule has 0 atom stereocenters. The van der Waals surface area contributed by atoms with Crippen LogP contribution >= 0.6 is 0 Å². The number of aromatic nitrogens is 4. The van der Waals surface area contributed by atoms with E-state index < -0.39 is 0 Å². The highest BCUT2D eigenvalue weighted by Gasteiger charge is 2.29. The van der Waals surface area contributed by atoms with E-state index in [-0.39, 0.29) is 17.5 Å². The maximum Gasteiger partial charge on any atom is 0.275 e. The average molecular weight is 356 g/mol. The number of hydrogen-bond donors (Lipinski definition) is 1. The molecule has 2 fully saturated rings. The second-order valence-electron chi connectivity index (χ2n) is 7.10. The molecule has 0 spiro atoms. The molecule has 8 nitrogen and oxygen atoms in total. The second kappa shape index (κ2) is 6.93. The summed E-state index contributed by atoms with van der Waals surface area (Å²) in [5.41, 5.74) is 0.616. The zero-order valence-electron chi connectivity index (χ0n) is 15.0. The summed E-state index contributed by atoms with van der Waals surface area (Å²) in [5.74, 6) is 0.00845. The van der Waals surface area contributed by atoms with Crippen LogP contribution in [0.5, 0.6) is 0 Å². The van der Waals surface area contributed by atoms with Crippen molar-refractivity contribution < 1.29 is 9.59 Å². The van der Waals surface area contributed by atoms with Crippen LogP contribution in [0.1, 0.15) is 65.4 Å². The Balaban J connectivity index is 1.49. The third-order valence-electron chi connectivity index (χ3n) is 5.33. The first-order valence-corrected chi connectivity index (χ1v) is 9.31. The monoisotopic (exact) mass is 356 g/mol. The Bertz CT molecular complexity index is 814. The van der Waals surface area contributed by atoms with Gasteiger partial charge in [-0.3, -0.25) is 19.0 Å². The Kier molecular flexibility index (Phi) is 4.48. The number of carbonyl (C=O) groups is 2. The quantitative estimate of drug-likeness (QED) is 0.910. The average Bonchev–Trinajstić information content (AvgIpc) is 3.20. The minimum Gasteiger partial charge on any atom is -0.338 e. The zero-order valence-corrected chi connectivity index (χ0v) is 15.0. The van der Waals surface area contributed by atoms with Gasteiger partial charge in [0.15, 0.2) is 5.82 Å². The molecule has 0 radical (unpaired) electrons. The molecule has 26 heavy (non-hydrogen) atoms. The van der Waals surface area contributed by atoms with Gasteiger partial charge in [-0.25, -0.2) is 0 Å². The van der Waals surface area contributed by atoms with Gasteiger partial charge in [0.1, 0.15) is 5.69 Å². The van der Waals surface area contributed by atoms with Gasteiger partial charge in [0.05, 0.1) is 17.8 Å². The molecule has 2 aromatic rings. The lowest BCUT2D eigenvalue weighted by atomic mass is 9.96. The second-order valence-corrected chi connectivity index (χ2v) is 7.10. The molecule has 1 saturated heterocycles. The molecule has 138 valence electrons. The number of aryl methyl sites for hydroxylation is 1. The zero-order chi connectivity index (χ0) is 18.1. The van der Waals surface area contributed by atoms with E-state index in [2.05, 4.69) is 15.5 Å². The third-order valence-corrected chi connectivity index (χ3v) is 5.33. The summed E-state index contributed by atoms with van der Waals surface area (Å²) in [7, 11) is 1.67. The van der Waals surface area contributed by atoms with Crippen LogP contribution in [0.25, 0.3) is 0 Å². The van der Waals surface area contributed by atoms with Crippen LogP contribution in [-0.4, -0.2) is 49.4 Å². The molecule has 1 N–H and O–H groups in total. The molecule has 1 aliphatic carbocycles.